The van der Waals surface area contributed by atoms with E-state index in [0.29, 0.717) is 22.8 Å². The topological polar surface area (TPSA) is 85.3 Å². The van der Waals surface area contributed by atoms with Crippen LogP contribution in [0.5, 0.6) is 17.2 Å². The molecule has 0 aromatic heterocycles. The van der Waals surface area contributed by atoms with E-state index in [1.807, 2.05) is 0 Å². The second kappa shape index (κ2) is 6.71. The lowest BCUT2D eigenvalue weighted by molar-refractivity contribution is -0.125. The number of amides is 2. The minimum Gasteiger partial charge on any atom is -0.493 e. The summed E-state index contributed by atoms with van der Waals surface area (Å²) in [5, 5.41) is 8.50. The van der Waals surface area contributed by atoms with E-state index in [-0.39, 0.29) is 4.91 Å². The van der Waals surface area contributed by atoms with Crippen LogP contribution in [0.15, 0.2) is 17.0 Å². The molecule has 0 spiro atoms. The van der Waals surface area contributed by atoms with Gasteiger partial charge >= 0.3 is 0 Å². The van der Waals surface area contributed by atoms with Gasteiger partial charge in [0.2, 0.25) is 5.75 Å². The molecule has 1 aliphatic heterocycles. The first-order chi connectivity index (χ1) is 10.5. The lowest BCUT2D eigenvalue weighted by Crippen LogP contribution is -2.28. The van der Waals surface area contributed by atoms with Gasteiger partial charge in [0.15, 0.2) is 11.5 Å². The second-order valence-electron chi connectivity index (χ2n) is 4.21. The molecule has 7 nitrogen and oxygen atoms in total. The minimum atomic E-state index is -0.642. The van der Waals surface area contributed by atoms with Crippen LogP contribution in [0, 0.1) is 0 Å². The van der Waals surface area contributed by atoms with Gasteiger partial charge in [-0.1, -0.05) is 0 Å². The molecule has 118 valence electrons. The van der Waals surface area contributed by atoms with Gasteiger partial charge in [-0.25, -0.2) is 4.90 Å². The number of benzene rings is 1. The summed E-state index contributed by atoms with van der Waals surface area (Å²) < 4.78 is 15.7. The van der Waals surface area contributed by atoms with Crippen LogP contribution in [0.1, 0.15) is 5.56 Å². The lowest BCUT2D eigenvalue weighted by Gasteiger charge is -2.13. The van der Waals surface area contributed by atoms with E-state index >= 15 is 0 Å². The third kappa shape index (κ3) is 2.88. The Morgan fingerprint density at radius 2 is 1.73 bits per heavy atom. The van der Waals surface area contributed by atoms with E-state index in [9.17, 15) is 9.59 Å². The fourth-order valence-corrected chi connectivity index (χ4v) is 2.79. The summed E-state index contributed by atoms with van der Waals surface area (Å²) >= 11 is 0.764. The number of methoxy groups -OCH3 is 3. The summed E-state index contributed by atoms with van der Waals surface area (Å²) in [5.41, 5.74) is 0.609. The van der Waals surface area contributed by atoms with Gasteiger partial charge in [0.25, 0.3) is 11.1 Å². The van der Waals surface area contributed by atoms with Crippen molar-refractivity contribution in [2.75, 3.05) is 28.1 Å². The zero-order valence-electron chi connectivity index (χ0n) is 12.3. The van der Waals surface area contributed by atoms with Gasteiger partial charge in [-0.2, -0.15) is 0 Å². The predicted molar refractivity (Wildman–Crippen MR) is 81.0 cm³/mol. The van der Waals surface area contributed by atoms with Crippen molar-refractivity contribution in [3.05, 3.63) is 22.6 Å². The molecule has 1 saturated heterocycles. The van der Waals surface area contributed by atoms with Crippen LogP contribution < -0.4 is 14.2 Å². The van der Waals surface area contributed by atoms with Crippen LogP contribution in [0.25, 0.3) is 6.08 Å². The van der Waals surface area contributed by atoms with Crippen LogP contribution in [0.4, 0.5) is 4.79 Å². The monoisotopic (exact) mass is 325 g/mol. The summed E-state index contributed by atoms with van der Waals surface area (Å²) in [4.78, 5) is 24.5. The molecule has 1 fully saturated rings. The minimum absolute atomic E-state index is 0.216. The summed E-state index contributed by atoms with van der Waals surface area (Å²) in [5.74, 6) is 0.779. The van der Waals surface area contributed by atoms with Gasteiger partial charge in [0, 0.05) is 0 Å². The highest BCUT2D eigenvalue weighted by atomic mass is 32.2. The molecule has 2 amide bonds. The maximum atomic E-state index is 12.0. The number of carbonyl (C=O) groups is 2. The summed E-state index contributed by atoms with van der Waals surface area (Å²) in [6, 6.07) is 3.32. The van der Waals surface area contributed by atoms with Crippen LogP contribution in [-0.4, -0.2) is 49.2 Å². The number of ether oxygens (including phenoxy) is 3. The van der Waals surface area contributed by atoms with E-state index in [1.165, 1.54) is 27.4 Å². The average molecular weight is 325 g/mol. The molecule has 2 rings (SSSR count). The Morgan fingerprint density at radius 1 is 1.14 bits per heavy atom. The van der Waals surface area contributed by atoms with Crippen molar-refractivity contribution in [2.24, 2.45) is 0 Å². The molecule has 1 aromatic carbocycles. The average Bonchev–Trinajstić information content (AvgIpc) is 2.79. The Balaban J connectivity index is 2.44. The summed E-state index contributed by atoms with van der Waals surface area (Å²) in [6.07, 6.45) is 1.53. The molecule has 22 heavy (non-hydrogen) atoms. The molecule has 1 aromatic rings. The van der Waals surface area contributed by atoms with Crippen LogP contribution in [0.3, 0.4) is 0 Å². The Morgan fingerprint density at radius 3 is 2.14 bits per heavy atom. The molecular formula is C14H15NO6S. The number of aliphatic hydroxyl groups is 1. The van der Waals surface area contributed by atoms with Gasteiger partial charge in [-0.15, -0.1) is 0 Å². The highest BCUT2D eigenvalue weighted by Gasteiger charge is 2.34. The van der Waals surface area contributed by atoms with Crippen molar-refractivity contribution >= 4 is 29.0 Å². The molecule has 1 N–H and O–H groups in total. The van der Waals surface area contributed by atoms with E-state index < -0.39 is 17.9 Å². The number of thioether (sulfide) groups is 1. The lowest BCUT2D eigenvalue weighted by atomic mass is 10.1. The highest BCUT2D eigenvalue weighted by molar-refractivity contribution is 8.18. The first-order valence-electron chi connectivity index (χ1n) is 6.22. The van der Waals surface area contributed by atoms with Crippen molar-refractivity contribution in [1.29, 1.82) is 0 Å². The molecule has 1 heterocycles. The number of rotatable bonds is 5. The normalized spacial score (nSPS) is 16.4. The van der Waals surface area contributed by atoms with Crippen molar-refractivity contribution in [3.63, 3.8) is 0 Å². The standard InChI is InChI=1S/C14H15NO6S/c1-19-9-4-8(5-10(20-2)12(9)21-3)6-11-13(17)15(7-16)14(18)22-11/h4-6,16H,7H2,1-3H3/b11-6-. The van der Waals surface area contributed by atoms with Gasteiger partial charge in [-0.3, -0.25) is 9.59 Å². The highest BCUT2D eigenvalue weighted by Crippen LogP contribution is 2.40. The quantitative estimate of drug-likeness (QED) is 0.825. The SMILES string of the molecule is COc1cc(/C=C2\SC(=O)N(CO)C2=O)cc(OC)c1OC. The first-order valence-corrected chi connectivity index (χ1v) is 7.03. The fraction of sp³-hybridized carbons (Fsp3) is 0.286. The number of carbonyl (C=O) groups excluding carboxylic acids is 2. The van der Waals surface area contributed by atoms with Crippen LogP contribution >= 0.6 is 11.8 Å². The van der Waals surface area contributed by atoms with Crippen LogP contribution in [-0.2, 0) is 4.79 Å². The zero-order valence-corrected chi connectivity index (χ0v) is 13.1. The molecule has 0 bridgehead atoms. The van der Waals surface area contributed by atoms with Gasteiger partial charge in [0.05, 0.1) is 26.2 Å². The van der Waals surface area contributed by atoms with Crippen molar-refractivity contribution in [1.82, 2.24) is 4.90 Å². The molecule has 8 heteroatoms. The Bertz CT molecular complexity index is 617. The molecule has 1 aliphatic rings. The number of imide groups is 1. The Labute approximate surface area is 131 Å². The number of aliphatic hydroxyl groups excluding tert-OH is 1. The predicted octanol–water partition coefficient (Wildman–Crippen LogP) is 1.70. The van der Waals surface area contributed by atoms with E-state index in [2.05, 4.69) is 0 Å². The second-order valence-corrected chi connectivity index (χ2v) is 5.20. The smallest absolute Gasteiger partial charge is 0.295 e. The zero-order chi connectivity index (χ0) is 16.3. The van der Waals surface area contributed by atoms with Gasteiger partial charge in [0.1, 0.15) is 6.73 Å². The van der Waals surface area contributed by atoms with E-state index in [0.717, 1.165) is 16.7 Å². The molecule has 0 radical (unpaired) electrons. The third-order valence-corrected chi connectivity index (χ3v) is 3.91. The Kier molecular flexibility index (Phi) is 4.94. The molecular weight excluding hydrogens is 310 g/mol. The number of hydrogen-bond donors (Lipinski definition) is 1. The molecule has 0 saturated carbocycles. The molecule has 0 atom stereocenters. The third-order valence-electron chi connectivity index (χ3n) is 3.00. The summed E-state index contributed by atoms with van der Waals surface area (Å²) in [7, 11) is 4.47. The van der Waals surface area contributed by atoms with Gasteiger partial charge in [-0.05, 0) is 35.5 Å². The maximum absolute atomic E-state index is 12.0. The maximum Gasteiger partial charge on any atom is 0.295 e. The van der Waals surface area contributed by atoms with Crippen molar-refractivity contribution in [3.8, 4) is 17.2 Å². The van der Waals surface area contributed by atoms with Gasteiger partial charge < -0.3 is 19.3 Å². The van der Waals surface area contributed by atoms with E-state index in [4.69, 9.17) is 19.3 Å². The van der Waals surface area contributed by atoms with Crippen molar-refractivity contribution in [2.45, 2.75) is 0 Å². The number of nitrogens with zero attached hydrogens (tertiary/aromatic N) is 1. The Hall–Kier alpha value is -2.19. The molecule has 0 aliphatic carbocycles. The van der Waals surface area contributed by atoms with Crippen molar-refractivity contribution < 1.29 is 28.9 Å². The number of hydrogen-bond acceptors (Lipinski definition) is 7. The van der Waals surface area contributed by atoms with Crippen LogP contribution in [0.2, 0.25) is 0 Å². The fourth-order valence-electron chi connectivity index (χ4n) is 1.96. The first kappa shape index (κ1) is 16.2. The van der Waals surface area contributed by atoms with E-state index in [1.54, 1.807) is 12.1 Å². The summed E-state index contributed by atoms with van der Waals surface area (Å²) in [6.45, 7) is -0.642. The largest absolute Gasteiger partial charge is 0.493 e. The molecule has 0 unspecified atom stereocenters.